The van der Waals surface area contributed by atoms with Gasteiger partial charge >= 0.3 is 0 Å². The topological polar surface area (TPSA) is 54.3 Å². The summed E-state index contributed by atoms with van der Waals surface area (Å²) in [5, 5.41) is 3.76. The lowest BCUT2D eigenvalue weighted by Gasteiger charge is -2.44. The first-order valence-electron chi connectivity index (χ1n) is 8.62. The Hall–Kier alpha value is -2.11. The van der Waals surface area contributed by atoms with Gasteiger partial charge in [-0.25, -0.2) is 0 Å². The predicted octanol–water partition coefficient (Wildman–Crippen LogP) is 2.31. The Morgan fingerprint density at radius 3 is 2.44 bits per heavy atom. The van der Waals surface area contributed by atoms with E-state index in [1.807, 2.05) is 0 Å². The summed E-state index contributed by atoms with van der Waals surface area (Å²) in [6.45, 7) is 3.20. The van der Waals surface area contributed by atoms with Gasteiger partial charge in [0.2, 0.25) is 0 Å². The number of rotatable bonds is 3. The summed E-state index contributed by atoms with van der Waals surface area (Å²) in [6.07, 6.45) is 3.90. The normalized spacial score (nSPS) is 24.9. The zero-order valence-electron chi connectivity index (χ0n) is 13.8. The molecule has 1 N–H and O–H groups in total. The minimum atomic E-state index is -0.179. The predicted molar refractivity (Wildman–Crippen MR) is 97.5 cm³/mol. The highest BCUT2D eigenvalue weighted by Crippen LogP contribution is 2.27. The van der Waals surface area contributed by atoms with Gasteiger partial charge in [-0.3, -0.25) is 14.2 Å². The van der Waals surface area contributed by atoms with E-state index in [0.717, 1.165) is 32.5 Å². The SMILES string of the molecule is O=C(NC1CN2CCC1CC2)c1ccc(=O)n(-c2ccc(Cl)cc2)c1. The Bertz CT molecular complexity index is 838. The monoisotopic (exact) mass is 357 g/mol. The highest BCUT2D eigenvalue weighted by molar-refractivity contribution is 6.30. The number of amides is 1. The molecular formula is C19H20ClN3O2. The first-order valence-corrected chi connectivity index (χ1v) is 9.00. The van der Waals surface area contributed by atoms with Crippen LogP contribution in [0.3, 0.4) is 0 Å². The molecular weight excluding hydrogens is 338 g/mol. The Morgan fingerprint density at radius 2 is 1.80 bits per heavy atom. The molecule has 3 aliphatic heterocycles. The molecule has 130 valence electrons. The van der Waals surface area contributed by atoms with Crippen molar-refractivity contribution in [1.29, 1.82) is 0 Å². The third-order valence-corrected chi connectivity index (χ3v) is 5.50. The van der Waals surface area contributed by atoms with Crippen molar-refractivity contribution in [1.82, 2.24) is 14.8 Å². The van der Waals surface area contributed by atoms with Crippen LogP contribution < -0.4 is 10.9 Å². The fourth-order valence-electron chi connectivity index (χ4n) is 3.81. The molecule has 2 bridgehead atoms. The summed E-state index contributed by atoms with van der Waals surface area (Å²) in [5.74, 6) is 0.442. The number of nitrogens with one attached hydrogen (secondary N) is 1. The maximum absolute atomic E-state index is 12.7. The number of pyridine rings is 1. The first kappa shape index (κ1) is 16.4. The Kier molecular flexibility index (Phi) is 4.36. The molecule has 2 aromatic rings. The van der Waals surface area contributed by atoms with Crippen LogP contribution in [-0.2, 0) is 0 Å². The van der Waals surface area contributed by atoms with Crippen LogP contribution in [0.2, 0.25) is 5.02 Å². The second kappa shape index (κ2) is 6.65. The van der Waals surface area contributed by atoms with Crippen LogP contribution >= 0.6 is 11.6 Å². The molecule has 3 saturated heterocycles. The molecule has 1 atom stereocenters. The lowest BCUT2D eigenvalue weighted by molar-refractivity contribution is 0.0620. The highest BCUT2D eigenvalue weighted by Gasteiger charge is 2.34. The molecule has 1 amide bonds. The third-order valence-electron chi connectivity index (χ3n) is 5.25. The molecule has 5 nitrogen and oxygen atoms in total. The van der Waals surface area contributed by atoms with Gasteiger partial charge in [0.05, 0.1) is 5.56 Å². The number of halogens is 1. The van der Waals surface area contributed by atoms with Crippen molar-refractivity contribution >= 4 is 17.5 Å². The average Bonchev–Trinajstić information content (AvgIpc) is 2.64. The minimum Gasteiger partial charge on any atom is -0.348 e. The lowest BCUT2D eigenvalue weighted by Crippen LogP contribution is -2.57. The summed E-state index contributed by atoms with van der Waals surface area (Å²) in [4.78, 5) is 27.2. The summed E-state index contributed by atoms with van der Waals surface area (Å²) >= 11 is 5.90. The highest BCUT2D eigenvalue weighted by atomic mass is 35.5. The van der Waals surface area contributed by atoms with Crippen molar-refractivity contribution in [2.45, 2.75) is 18.9 Å². The smallest absolute Gasteiger partial charge is 0.255 e. The van der Waals surface area contributed by atoms with Crippen molar-refractivity contribution in [2.75, 3.05) is 19.6 Å². The summed E-state index contributed by atoms with van der Waals surface area (Å²) in [6, 6.07) is 10.2. The molecule has 25 heavy (non-hydrogen) atoms. The van der Waals surface area contributed by atoms with E-state index in [9.17, 15) is 9.59 Å². The van der Waals surface area contributed by atoms with Gasteiger partial charge in [0.1, 0.15) is 0 Å². The molecule has 5 rings (SSSR count). The standard InChI is InChI=1S/C19H20ClN3O2/c20-15-2-4-16(5-3-15)23-11-14(1-6-18(23)24)19(25)21-17-12-22-9-7-13(17)8-10-22/h1-6,11,13,17H,7-10,12H2,(H,21,25). The fourth-order valence-corrected chi connectivity index (χ4v) is 3.93. The van der Waals surface area contributed by atoms with Crippen molar-refractivity contribution in [3.8, 4) is 5.69 Å². The zero-order valence-corrected chi connectivity index (χ0v) is 14.6. The van der Waals surface area contributed by atoms with Gasteiger partial charge < -0.3 is 10.2 Å². The van der Waals surface area contributed by atoms with Crippen LogP contribution in [0.15, 0.2) is 47.4 Å². The van der Waals surface area contributed by atoms with Crippen LogP contribution in [0.5, 0.6) is 0 Å². The molecule has 3 aliphatic rings. The number of fused-ring (bicyclic) bond motifs is 3. The zero-order chi connectivity index (χ0) is 17.4. The van der Waals surface area contributed by atoms with Gasteiger partial charge in [-0.15, -0.1) is 0 Å². The Morgan fingerprint density at radius 1 is 1.08 bits per heavy atom. The summed E-state index contributed by atoms with van der Waals surface area (Å²) in [7, 11) is 0. The number of piperidine rings is 3. The average molecular weight is 358 g/mol. The van der Waals surface area contributed by atoms with E-state index < -0.39 is 0 Å². The summed E-state index contributed by atoms with van der Waals surface area (Å²) in [5.41, 5.74) is 1.000. The number of carbonyl (C=O) groups excluding carboxylic acids is 1. The summed E-state index contributed by atoms with van der Waals surface area (Å²) < 4.78 is 1.47. The fraction of sp³-hybridized carbons (Fsp3) is 0.368. The molecule has 0 radical (unpaired) electrons. The number of nitrogens with zero attached hydrogens (tertiary/aromatic N) is 2. The maximum atomic E-state index is 12.7. The van der Waals surface area contributed by atoms with Crippen LogP contribution in [0.25, 0.3) is 5.69 Å². The second-order valence-corrected chi connectivity index (χ2v) is 7.26. The van der Waals surface area contributed by atoms with E-state index in [2.05, 4.69) is 10.2 Å². The van der Waals surface area contributed by atoms with Crippen molar-refractivity contribution < 1.29 is 4.79 Å². The van der Waals surface area contributed by atoms with E-state index in [-0.39, 0.29) is 17.5 Å². The van der Waals surface area contributed by atoms with Gasteiger partial charge in [-0.2, -0.15) is 0 Å². The van der Waals surface area contributed by atoms with Crippen molar-refractivity contribution in [3.63, 3.8) is 0 Å². The number of benzene rings is 1. The molecule has 1 aromatic heterocycles. The van der Waals surface area contributed by atoms with E-state index >= 15 is 0 Å². The van der Waals surface area contributed by atoms with E-state index in [1.54, 1.807) is 36.5 Å². The van der Waals surface area contributed by atoms with Gasteiger partial charge in [0.15, 0.2) is 0 Å². The maximum Gasteiger partial charge on any atom is 0.255 e. The van der Waals surface area contributed by atoms with Crippen molar-refractivity contribution in [2.24, 2.45) is 5.92 Å². The van der Waals surface area contributed by atoms with Crippen LogP contribution in [0, 0.1) is 5.92 Å². The molecule has 4 heterocycles. The second-order valence-electron chi connectivity index (χ2n) is 6.82. The first-order chi connectivity index (χ1) is 12.1. The molecule has 1 aromatic carbocycles. The van der Waals surface area contributed by atoms with Gasteiger partial charge in [-0.05, 0) is 62.2 Å². The Balaban J connectivity index is 1.56. The van der Waals surface area contributed by atoms with E-state index in [4.69, 9.17) is 11.6 Å². The van der Waals surface area contributed by atoms with Gasteiger partial charge in [0.25, 0.3) is 11.5 Å². The number of aromatic nitrogens is 1. The van der Waals surface area contributed by atoms with Crippen LogP contribution in [0.1, 0.15) is 23.2 Å². The number of hydrogen-bond donors (Lipinski definition) is 1. The molecule has 0 aliphatic carbocycles. The van der Waals surface area contributed by atoms with E-state index in [1.165, 1.54) is 10.6 Å². The number of hydrogen-bond acceptors (Lipinski definition) is 3. The van der Waals surface area contributed by atoms with Crippen molar-refractivity contribution in [3.05, 3.63) is 63.5 Å². The van der Waals surface area contributed by atoms with Gasteiger partial charge in [-0.1, -0.05) is 11.6 Å². The largest absolute Gasteiger partial charge is 0.348 e. The lowest BCUT2D eigenvalue weighted by atomic mass is 9.84. The molecule has 0 spiro atoms. The molecule has 0 saturated carbocycles. The Labute approximate surface area is 151 Å². The minimum absolute atomic E-state index is 0.124. The number of carbonyl (C=O) groups is 1. The van der Waals surface area contributed by atoms with Crippen LogP contribution in [0.4, 0.5) is 0 Å². The third kappa shape index (κ3) is 3.34. The molecule has 3 fully saturated rings. The molecule has 6 heteroatoms. The van der Waals surface area contributed by atoms with Gasteiger partial charge in [0, 0.05) is 35.6 Å². The van der Waals surface area contributed by atoms with E-state index in [0.29, 0.717) is 22.2 Å². The quantitative estimate of drug-likeness (QED) is 0.917. The molecule has 1 unspecified atom stereocenters. The van der Waals surface area contributed by atoms with Crippen LogP contribution in [-0.4, -0.2) is 41.1 Å².